The smallest absolute Gasteiger partial charge is 0.167 e. The lowest BCUT2D eigenvalue weighted by Gasteiger charge is -2.36. The molecular formula is C43H48BrF3N6O2. The van der Waals surface area contributed by atoms with Crippen LogP contribution in [-0.2, 0) is 0 Å². The van der Waals surface area contributed by atoms with Gasteiger partial charge in [0.05, 0.1) is 17.7 Å². The third-order valence-corrected chi connectivity index (χ3v) is 11.0. The highest BCUT2D eigenvalue weighted by molar-refractivity contribution is 9.10. The first-order chi connectivity index (χ1) is 26.9. The van der Waals surface area contributed by atoms with Gasteiger partial charge < -0.3 is 29.2 Å². The minimum atomic E-state index is -0.650. The summed E-state index contributed by atoms with van der Waals surface area (Å²) in [6, 6.07) is 25.0. The molecule has 0 saturated carbocycles. The van der Waals surface area contributed by atoms with Crippen molar-refractivity contribution in [3.63, 3.8) is 0 Å². The minimum Gasteiger partial charge on any atom is -0.492 e. The molecule has 8 nitrogen and oxygen atoms in total. The normalized spacial score (nSPS) is 15.3. The number of ether oxygens (including phenoxy) is 2. The largest absolute Gasteiger partial charge is 0.492 e. The van der Waals surface area contributed by atoms with Gasteiger partial charge in [-0.2, -0.15) is 0 Å². The first-order valence-electron chi connectivity index (χ1n) is 19.1. The molecule has 2 fully saturated rings. The summed E-state index contributed by atoms with van der Waals surface area (Å²) in [5.74, 6) is -0.684. The summed E-state index contributed by atoms with van der Waals surface area (Å²) in [5, 5.41) is 2.57. The van der Waals surface area contributed by atoms with Crippen LogP contribution in [-0.4, -0.2) is 98.4 Å². The number of aromatic nitrogens is 2. The molecule has 0 radical (unpaired) electrons. The van der Waals surface area contributed by atoms with Crippen molar-refractivity contribution in [3.05, 3.63) is 119 Å². The van der Waals surface area contributed by atoms with Crippen molar-refractivity contribution in [2.75, 3.05) is 88.5 Å². The number of aromatic amines is 2. The molecule has 0 unspecified atom stereocenters. The van der Waals surface area contributed by atoms with Crippen LogP contribution in [0.15, 0.2) is 102 Å². The molecule has 2 saturated heterocycles. The molecule has 0 aliphatic carbocycles. The zero-order valence-corrected chi connectivity index (χ0v) is 32.5. The highest BCUT2D eigenvalue weighted by atomic mass is 79.9. The van der Waals surface area contributed by atoms with E-state index >= 15 is 0 Å². The molecule has 2 aromatic heterocycles. The van der Waals surface area contributed by atoms with E-state index in [9.17, 15) is 13.2 Å². The summed E-state index contributed by atoms with van der Waals surface area (Å²) in [5.41, 5.74) is 4.98. The molecule has 0 amide bonds. The molecule has 8 rings (SSSR count). The van der Waals surface area contributed by atoms with Gasteiger partial charge in [-0.3, -0.25) is 9.80 Å². The molecule has 4 heterocycles. The van der Waals surface area contributed by atoms with E-state index < -0.39 is 11.6 Å². The zero-order chi connectivity index (χ0) is 38.0. The average Bonchev–Trinajstić information content (AvgIpc) is 3.89. The second kappa shape index (κ2) is 18.8. The number of nitrogens with zero attached hydrogens (tertiary/aromatic N) is 4. The number of H-pyrrole nitrogens is 2. The number of benzene rings is 4. The van der Waals surface area contributed by atoms with Gasteiger partial charge in [-0.05, 0) is 108 Å². The maximum atomic E-state index is 13.5. The molecule has 2 aliphatic rings. The third-order valence-electron chi connectivity index (χ3n) is 10.4. The van der Waals surface area contributed by atoms with Crippen molar-refractivity contribution in [1.29, 1.82) is 0 Å². The Morgan fingerprint density at radius 3 is 1.62 bits per heavy atom. The maximum Gasteiger partial charge on any atom is 0.167 e. The van der Waals surface area contributed by atoms with Gasteiger partial charge in [-0.15, -0.1) is 0 Å². The lowest BCUT2D eigenvalue weighted by molar-refractivity contribution is 0.221. The first kappa shape index (κ1) is 38.6. The van der Waals surface area contributed by atoms with Crippen molar-refractivity contribution in [2.45, 2.75) is 19.3 Å². The van der Waals surface area contributed by atoms with Gasteiger partial charge in [0.1, 0.15) is 17.4 Å². The number of fused-ring (bicyclic) bond motifs is 2. The fourth-order valence-corrected chi connectivity index (χ4v) is 7.85. The van der Waals surface area contributed by atoms with E-state index in [2.05, 4.69) is 94.0 Å². The fourth-order valence-electron chi connectivity index (χ4n) is 7.39. The summed E-state index contributed by atoms with van der Waals surface area (Å²) in [7, 11) is 0. The van der Waals surface area contributed by atoms with Crippen molar-refractivity contribution in [1.82, 2.24) is 19.8 Å². The Hall–Kier alpha value is -4.65. The molecule has 290 valence electrons. The second-order valence-corrected chi connectivity index (χ2v) is 14.9. The van der Waals surface area contributed by atoms with E-state index in [1.807, 2.05) is 12.4 Å². The zero-order valence-electron chi connectivity index (χ0n) is 31.0. The van der Waals surface area contributed by atoms with Gasteiger partial charge in [0, 0.05) is 111 Å². The Morgan fingerprint density at radius 1 is 0.545 bits per heavy atom. The standard InChI is InChI=1S/C22H25BrFN3O.C21H23F2N3O/c23-19-16-17(24)6-7-22(19)28-15-2-1-10-26-11-13-27(14-12-26)21-5-3-4-20-18(21)8-9-25-20;22-16-5-6-21(18(23)15-16)27-14-2-9-25-10-12-26(13-11-25)20-4-1-3-19-17(20)7-8-24-19/h3-9,16,25H,1-2,10-15H2;1,3-8,15,24H,2,9-14H2. The first-order valence-corrected chi connectivity index (χ1v) is 19.9. The molecule has 0 atom stereocenters. The summed E-state index contributed by atoms with van der Waals surface area (Å²) in [6.45, 7) is 11.3. The van der Waals surface area contributed by atoms with Gasteiger partial charge >= 0.3 is 0 Å². The van der Waals surface area contributed by atoms with Crippen LogP contribution in [0.4, 0.5) is 24.5 Å². The lowest BCUT2D eigenvalue weighted by Crippen LogP contribution is -2.46. The Balaban J connectivity index is 0.000000169. The SMILES string of the molecule is Fc1ccc(OCCCCN2CCN(c3cccc4[nH]ccc34)CC2)c(Br)c1.Fc1ccc(OCCCN2CCN(c3cccc4[nH]ccc34)CC2)c(F)c1. The third kappa shape index (κ3) is 10.2. The summed E-state index contributed by atoms with van der Waals surface area (Å²) < 4.78 is 51.4. The monoisotopic (exact) mass is 816 g/mol. The predicted octanol–water partition coefficient (Wildman–Crippen LogP) is 9.09. The molecule has 6 aromatic rings. The Bertz CT molecular complexity index is 2130. The van der Waals surface area contributed by atoms with Crippen LogP contribution >= 0.6 is 15.9 Å². The van der Waals surface area contributed by atoms with Crippen LogP contribution < -0.4 is 19.3 Å². The average molecular weight is 818 g/mol. The van der Waals surface area contributed by atoms with Crippen LogP contribution in [0, 0.1) is 17.5 Å². The van der Waals surface area contributed by atoms with E-state index in [0.717, 1.165) is 90.8 Å². The van der Waals surface area contributed by atoms with Gasteiger partial charge in [0.25, 0.3) is 0 Å². The summed E-state index contributed by atoms with van der Waals surface area (Å²) >= 11 is 3.34. The highest BCUT2D eigenvalue weighted by Gasteiger charge is 2.20. The van der Waals surface area contributed by atoms with Crippen LogP contribution in [0.3, 0.4) is 0 Å². The van der Waals surface area contributed by atoms with Crippen LogP contribution in [0.5, 0.6) is 11.5 Å². The topological polar surface area (TPSA) is 63.0 Å². The van der Waals surface area contributed by atoms with Crippen LogP contribution in [0.2, 0.25) is 0 Å². The highest BCUT2D eigenvalue weighted by Crippen LogP contribution is 2.29. The van der Waals surface area contributed by atoms with E-state index in [4.69, 9.17) is 9.47 Å². The Morgan fingerprint density at radius 2 is 1.05 bits per heavy atom. The van der Waals surface area contributed by atoms with Gasteiger partial charge in [0.2, 0.25) is 0 Å². The number of rotatable bonds is 13. The number of nitrogens with one attached hydrogen (secondary N) is 2. The van der Waals surface area contributed by atoms with E-state index in [0.29, 0.717) is 23.4 Å². The Kier molecular flexibility index (Phi) is 13.2. The molecule has 4 aromatic carbocycles. The summed E-state index contributed by atoms with van der Waals surface area (Å²) in [6.07, 6.45) is 6.90. The second-order valence-electron chi connectivity index (χ2n) is 14.0. The van der Waals surface area contributed by atoms with Crippen molar-refractivity contribution in [2.24, 2.45) is 0 Å². The van der Waals surface area contributed by atoms with Crippen molar-refractivity contribution in [3.8, 4) is 11.5 Å². The lowest BCUT2D eigenvalue weighted by atomic mass is 10.1. The van der Waals surface area contributed by atoms with E-state index in [1.165, 1.54) is 57.4 Å². The van der Waals surface area contributed by atoms with Crippen LogP contribution in [0.1, 0.15) is 19.3 Å². The van der Waals surface area contributed by atoms with Gasteiger partial charge in [-0.1, -0.05) is 12.1 Å². The van der Waals surface area contributed by atoms with Crippen LogP contribution in [0.25, 0.3) is 21.8 Å². The number of anilines is 2. The maximum absolute atomic E-state index is 13.5. The molecule has 2 N–H and O–H groups in total. The molecule has 12 heteroatoms. The summed E-state index contributed by atoms with van der Waals surface area (Å²) in [4.78, 5) is 16.4. The molecule has 55 heavy (non-hydrogen) atoms. The van der Waals surface area contributed by atoms with Gasteiger partial charge in [-0.25, -0.2) is 13.2 Å². The molecule has 0 spiro atoms. The van der Waals surface area contributed by atoms with Gasteiger partial charge in [0.15, 0.2) is 11.6 Å². The molecule has 0 bridgehead atoms. The van der Waals surface area contributed by atoms with E-state index in [-0.39, 0.29) is 11.6 Å². The number of unbranched alkanes of at least 4 members (excludes halogenated alkanes) is 1. The number of piperazine rings is 2. The van der Waals surface area contributed by atoms with E-state index in [1.54, 1.807) is 6.07 Å². The quantitative estimate of drug-likeness (QED) is 0.114. The molecular weight excluding hydrogens is 769 g/mol. The number of hydrogen-bond donors (Lipinski definition) is 2. The van der Waals surface area contributed by atoms with Crippen molar-refractivity contribution >= 4 is 49.1 Å². The van der Waals surface area contributed by atoms with Crippen molar-refractivity contribution < 1.29 is 22.6 Å². The number of hydrogen-bond acceptors (Lipinski definition) is 6. The minimum absolute atomic E-state index is 0.112. The predicted molar refractivity (Wildman–Crippen MR) is 219 cm³/mol. The Labute approximate surface area is 328 Å². The molecule has 2 aliphatic heterocycles. The fraction of sp³-hybridized carbons (Fsp3) is 0.349. The number of halogens is 4.